The van der Waals surface area contributed by atoms with Gasteiger partial charge in [0.15, 0.2) is 5.78 Å². The third kappa shape index (κ3) is 3.03. The SMILES string of the molecule is COC1=c2c([nH]c(SCc3cc(C)on3)c(C(C)=O)c2=O)=CCC1. The molecule has 126 valence electrons. The van der Waals surface area contributed by atoms with Crippen molar-refractivity contribution in [2.24, 2.45) is 0 Å². The lowest BCUT2D eigenvalue weighted by molar-refractivity contribution is 0.101. The van der Waals surface area contributed by atoms with Crippen LogP contribution in [0.2, 0.25) is 0 Å². The summed E-state index contributed by atoms with van der Waals surface area (Å²) in [6.07, 6.45) is 3.42. The number of thioether (sulfide) groups is 1. The zero-order valence-corrected chi connectivity index (χ0v) is 14.6. The minimum atomic E-state index is -0.275. The first-order valence-corrected chi connectivity index (χ1v) is 8.59. The molecular weight excluding hydrogens is 328 g/mol. The highest BCUT2D eigenvalue weighted by molar-refractivity contribution is 7.98. The van der Waals surface area contributed by atoms with Crippen molar-refractivity contribution in [2.45, 2.75) is 37.5 Å². The fourth-order valence-electron chi connectivity index (χ4n) is 2.76. The van der Waals surface area contributed by atoms with Crippen LogP contribution in [-0.4, -0.2) is 23.0 Å². The van der Waals surface area contributed by atoms with E-state index in [0.717, 1.165) is 17.9 Å². The summed E-state index contributed by atoms with van der Waals surface area (Å²) in [7, 11) is 1.55. The number of ether oxygens (including phenoxy) is 1. The Morgan fingerprint density at radius 1 is 1.50 bits per heavy atom. The van der Waals surface area contributed by atoms with Gasteiger partial charge in [0.05, 0.1) is 28.6 Å². The number of Topliss-reactive ketones (excluding diaryl/α,β-unsaturated/α-hetero) is 1. The Labute approximate surface area is 142 Å². The van der Waals surface area contributed by atoms with E-state index in [1.54, 1.807) is 7.11 Å². The quantitative estimate of drug-likeness (QED) is 0.652. The van der Waals surface area contributed by atoms with Crippen molar-refractivity contribution in [3.05, 3.63) is 43.9 Å². The Bertz CT molecular complexity index is 971. The molecule has 1 N–H and O–H groups in total. The van der Waals surface area contributed by atoms with Gasteiger partial charge in [-0.15, -0.1) is 11.8 Å². The number of pyridine rings is 1. The summed E-state index contributed by atoms with van der Waals surface area (Å²) >= 11 is 1.37. The molecule has 0 aliphatic heterocycles. The average molecular weight is 346 g/mol. The number of rotatable bonds is 5. The number of nitrogens with one attached hydrogen (secondary N) is 1. The second kappa shape index (κ2) is 6.68. The van der Waals surface area contributed by atoms with Crippen molar-refractivity contribution in [2.75, 3.05) is 7.11 Å². The van der Waals surface area contributed by atoms with Gasteiger partial charge in [-0.1, -0.05) is 11.2 Å². The van der Waals surface area contributed by atoms with E-state index in [1.165, 1.54) is 18.7 Å². The standard InChI is InChI=1S/C17H18N2O4S/c1-9-7-11(19-23-9)8-24-17-14(10(2)20)16(21)15-12(18-17)5-4-6-13(15)22-3/h5,7,18H,4,6,8H2,1-3H3. The zero-order valence-electron chi connectivity index (χ0n) is 13.8. The van der Waals surface area contributed by atoms with Gasteiger partial charge < -0.3 is 14.2 Å². The Hall–Kier alpha value is -2.28. The average Bonchev–Trinajstić information content (AvgIpc) is 2.97. The first-order valence-electron chi connectivity index (χ1n) is 7.61. The summed E-state index contributed by atoms with van der Waals surface area (Å²) in [5, 5.41) is 5.67. The van der Waals surface area contributed by atoms with Gasteiger partial charge in [0.2, 0.25) is 5.43 Å². The van der Waals surface area contributed by atoms with E-state index in [0.29, 0.717) is 33.5 Å². The maximum Gasteiger partial charge on any atom is 0.204 e. The summed E-state index contributed by atoms with van der Waals surface area (Å²) < 4.78 is 10.4. The highest BCUT2D eigenvalue weighted by Crippen LogP contribution is 2.22. The van der Waals surface area contributed by atoms with Crippen molar-refractivity contribution in [1.29, 1.82) is 0 Å². The predicted molar refractivity (Wildman–Crippen MR) is 91.2 cm³/mol. The highest BCUT2D eigenvalue weighted by atomic mass is 32.2. The third-order valence-corrected chi connectivity index (χ3v) is 4.87. The fraction of sp³-hybridized carbons (Fsp3) is 0.353. The van der Waals surface area contributed by atoms with Crippen molar-refractivity contribution < 1.29 is 14.1 Å². The van der Waals surface area contributed by atoms with Crippen LogP contribution in [-0.2, 0) is 10.5 Å². The number of hydrogen-bond donors (Lipinski definition) is 1. The van der Waals surface area contributed by atoms with Crippen LogP contribution in [0.5, 0.6) is 0 Å². The van der Waals surface area contributed by atoms with Crippen LogP contribution in [0.4, 0.5) is 0 Å². The summed E-state index contributed by atoms with van der Waals surface area (Å²) in [4.78, 5) is 28.1. The van der Waals surface area contributed by atoms with E-state index in [9.17, 15) is 9.59 Å². The van der Waals surface area contributed by atoms with E-state index in [1.807, 2.05) is 19.1 Å². The molecule has 2 aromatic rings. The summed E-state index contributed by atoms with van der Waals surface area (Å²) in [6, 6.07) is 1.83. The lowest BCUT2D eigenvalue weighted by atomic mass is 10.1. The van der Waals surface area contributed by atoms with Crippen molar-refractivity contribution in [1.82, 2.24) is 10.1 Å². The number of aromatic amines is 1. The van der Waals surface area contributed by atoms with Crippen LogP contribution >= 0.6 is 11.8 Å². The Balaban J connectivity index is 2.12. The summed E-state index contributed by atoms with van der Waals surface area (Å²) in [5.74, 6) is 1.59. The second-order valence-corrected chi connectivity index (χ2v) is 6.58. The van der Waals surface area contributed by atoms with Gasteiger partial charge in [-0.2, -0.15) is 0 Å². The molecule has 3 rings (SSSR count). The van der Waals surface area contributed by atoms with E-state index in [4.69, 9.17) is 9.26 Å². The molecule has 1 aliphatic carbocycles. The molecule has 0 aromatic carbocycles. The number of ketones is 1. The van der Waals surface area contributed by atoms with Crippen LogP contribution < -0.4 is 16.0 Å². The van der Waals surface area contributed by atoms with E-state index in [2.05, 4.69) is 10.1 Å². The minimum Gasteiger partial charge on any atom is -0.500 e. The number of aromatic nitrogens is 2. The molecule has 0 spiro atoms. The molecule has 0 radical (unpaired) electrons. The molecule has 0 saturated carbocycles. The first kappa shape index (κ1) is 16.6. The minimum absolute atomic E-state index is 0.170. The maximum absolute atomic E-state index is 12.9. The number of carbonyl (C=O) groups excluding carboxylic acids is 1. The van der Waals surface area contributed by atoms with E-state index < -0.39 is 0 Å². The fourth-order valence-corrected chi connectivity index (χ4v) is 3.76. The predicted octanol–water partition coefficient (Wildman–Crippen LogP) is 1.50. The molecule has 0 fully saturated rings. The number of aryl methyl sites for hydroxylation is 1. The molecule has 2 aromatic heterocycles. The van der Waals surface area contributed by atoms with Gasteiger partial charge in [-0.3, -0.25) is 9.59 Å². The molecule has 7 heteroatoms. The number of fused-ring (bicyclic) bond motifs is 1. The van der Waals surface area contributed by atoms with Gasteiger partial charge in [0.1, 0.15) is 11.5 Å². The van der Waals surface area contributed by atoms with E-state index in [-0.39, 0.29) is 16.8 Å². The number of methoxy groups -OCH3 is 1. The monoisotopic (exact) mass is 346 g/mol. The first-order chi connectivity index (χ1) is 11.5. The molecule has 0 atom stereocenters. The number of hydrogen-bond acceptors (Lipinski definition) is 6. The van der Waals surface area contributed by atoms with Crippen LogP contribution in [0.3, 0.4) is 0 Å². The molecule has 1 aliphatic rings. The molecule has 0 unspecified atom stereocenters. The molecule has 0 amide bonds. The topological polar surface area (TPSA) is 85.2 Å². The Morgan fingerprint density at radius 3 is 2.92 bits per heavy atom. The van der Waals surface area contributed by atoms with Crippen LogP contribution in [0.1, 0.15) is 41.6 Å². The molecule has 2 heterocycles. The van der Waals surface area contributed by atoms with Gasteiger partial charge in [-0.05, 0) is 20.3 Å². The Morgan fingerprint density at radius 2 is 2.29 bits per heavy atom. The maximum atomic E-state index is 12.9. The summed E-state index contributed by atoms with van der Waals surface area (Å²) in [5.41, 5.74) is 0.658. The van der Waals surface area contributed by atoms with Gasteiger partial charge in [0, 0.05) is 23.6 Å². The van der Waals surface area contributed by atoms with Crippen LogP contribution in [0, 0.1) is 6.92 Å². The smallest absolute Gasteiger partial charge is 0.204 e. The number of carbonyl (C=O) groups is 1. The number of H-pyrrole nitrogens is 1. The molecule has 6 nitrogen and oxygen atoms in total. The van der Waals surface area contributed by atoms with Crippen LogP contribution in [0.25, 0.3) is 11.8 Å². The molecule has 0 saturated heterocycles. The third-order valence-electron chi connectivity index (χ3n) is 3.84. The lowest BCUT2D eigenvalue weighted by Crippen LogP contribution is -2.47. The Kier molecular flexibility index (Phi) is 4.62. The van der Waals surface area contributed by atoms with Gasteiger partial charge in [0.25, 0.3) is 0 Å². The van der Waals surface area contributed by atoms with Gasteiger partial charge >= 0.3 is 0 Å². The summed E-state index contributed by atoms with van der Waals surface area (Å²) in [6.45, 7) is 3.22. The second-order valence-electron chi connectivity index (χ2n) is 5.59. The lowest BCUT2D eigenvalue weighted by Gasteiger charge is -2.12. The van der Waals surface area contributed by atoms with Crippen molar-refractivity contribution >= 4 is 29.4 Å². The zero-order chi connectivity index (χ0) is 17.3. The van der Waals surface area contributed by atoms with E-state index >= 15 is 0 Å². The van der Waals surface area contributed by atoms with Gasteiger partial charge in [-0.25, -0.2) is 0 Å². The van der Waals surface area contributed by atoms with Crippen LogP contribution in [0.15, 0.2) is 20.4 Å². The molecular formula is C17H18N2O4S. The highest BCUT2D eigenvalue weighted by Gasteiger charge is 2.19. The van der Waals surface area contributed by atoms with Crippen molar-refractivity contribution in [3.8, 4) is 0 Å². The van der Waals surface area contributed by atoms with Crippen molar-refractivity contribution in [3.63, 3.8) is 0 Å². The molecule has 0 bridgehead atoms. The molecule has 24 heavy (non-hydrogen) atoms. The normalized spacial score (nSPS) is 13.4. The number of nitrogens with zero attached hydrogens (tertiary/aromatic N) is 1. The largest absolute Gasteiger partial charge is 0.500 e.